The highest BCUT2D eigenvalue weighted by Gasteiger charge is 2.42. The van der Waals surface area contributed by atoms with Gasteiger partial charge in [-0.25, -0.2) is 0 Å². The Morgan fingerprint density at radius 3 is 2.95 bits per heavy atom. The van der Waals surface area contributed by atoms with Crippen LogP contribution in [0.15, 0.2) is 18.2 Å². The molecule has 108 valence electrons. The Bertz CT molecular complexity index is 640. The number of hydrogen-bond acceptors (Lipinski definition) is 3. The Kier molecular flexibility index (Phi) is 3.01. The van der Waals surface area contributed by atoms with Crippen molar-refractivity contribution in [3.63, 3.8) is 0 Å². The molecule has 1 saturated carbocycles. The summed E-state index contributed by atoms with van der Waals surface area (Å²) in [5.41, 5.74) is 1.14. The normalized spacial score (nSPS) is 27.5. The monoisotopic (exact) mass is 282 g/mol. The van der Waals surface area contributed by atoms with E-state index in [1.165, 1.54) is 12.8 Å². The average Bonchev–Trinajstić information content (AvgIpc) is 3.30. The minimum atomic E-state index is -0.441. The first kappa shape index (κ1) is 12.9. The molecule has 3 heteroatoms. The second-order valence-electron chi connectivity index (χ2n) is 6.30. The Morgan fingerprint density at radius 1 is 1.29 bits per heavy atom. The number of fused-ring (bicyclic) bond motifs is 1. The van der Waals surface area contributed by atoms with E-state index in [0.717, 1.165) is 25.0 Å². The van der Waals surface area contributed by atoms with Crippen LogP contribution in [0.2, 0.25) is 0 Å². The van der Waals surface area contributed by atoms with Crippen molar-refractivity contribution in [2.45, 2.75) is 37.7 Å². The molecule has 0 bridgehead atoms. The highest BCUT2D eigenvalue weighted by molar-refractivity contribution is 6.00. The number of carbonyl (C=O) groups is 1. The molecule has 1 aromatic carbocycles. The van der Waals surface area contributed by atoms with Gasteiger partial charge in [0.15, 0.2) is 5.78 Å². The molecule has 1 atom stereocenters. The molecule has 2 heterocycles. The molecule has 2 aliphatic heterocycles. The summed E-state index contributed by atoms with van der Waals surface area (Å²) in [6.45, 7) is 1.28. The van der Waals surface area contributed by atoms with E-state index in [0.29, 0.717) is 30.3 Å². The van der Waals surface area contributed by atoms with E-state index >= 15 is 0 Å². The maximum Gasteiger partial charge on any atom is 0.170 e. The summed E-state index contributed by atoms with van der Waals surface area (Å²) in [5.74, 6) is 7.80. The summed E-state index contributed by atoms with van der Waals surface area (Å²) >= 11 is 0. The van der Waals surface area contributed by atoms with Gasteiger partial charge < -0.3 is 9.47 Å². The number of ketones is 1. The lowest BCUT2D eigenvalue weighted by atomic mass is 9.85. The van der Waals surface area contributed by atoms with Gasteiger partial charge >= 0.3 is 0 Å². The Morgan fingerprint density at radius 2 is 2.19 bits per heavy atom. The summed E-state index contributed by atoms with van der Waals surface area (Å²) in [6, 6.07) is 5.72. The summed E-state index contributed by atoms with van der Waals surface area (Å²) in [6.07, 6.45) is 4.68. The zero-order valence-corrected chi connectivity index (χ0v) is 12.0. The van der Waals surface area contributed by atoms with Gasteiger partial charge in [-0.3, -0.25) is 4.79 Å². The molecule has 1 unspecified atom stereocenters. The highest BCUT2D eigenvalue weighted by atomic mass is 16.5. The molecule has 2 fully saturated rings. The van der Waals surface area contributed by atoms with E-state index in [9.17, 15) is 4.79 Å². The molecular weight excluding hydrogens is 264 g/mol. The number of benzene rings is 1. The number of rotatable bonds is 0. The van der Waals surface area contributed by atoms with Crippen LogP contribution in [0.3, 0.4) is 0 Å². The van der Waals surface area contributed by atoms with Gasteiger partial charge in [-0.1, -0.05) is 11.8 Å². The minimum absolute atomic E-state index is 0.150. The summed E-state index contributed by atoms with van der Waals surface area (Å²) in [4.78, 5) is 12.5. The smallest absolute Gasteiger partial charge is 0.170 e. The van der Waals surface area contributed by atoms with Crippen LogP contribution >= 0.6 is 0 Å². The summed E-state index contributed by atoms with van der Waals surface area (Å²) in [7, 11) is 0. The van der Waals surface area contributed by atoms with Crippen LogP contribution in [0.5, 0.6) is 5.75 Å². The molecule has 1 aromatic rings. The third kappa shape index (κ3) is 2.56. The third-order valence-corrected chi connectivity index (χ3v) is 4.37. The lowest BCUT2D eigenvalue weighted by Gasteiger charge is -2.40. The van der Waals surface area contributed by atoms with E-state index in [-0.39, 0.29) is 5.78 Å². The number of hydrogen-bond donors (Lipinski definition) is 0. The first-order chi connectivity index (χ1) is 10.2. The van der Waals surface area contributed by atoms with Gasteiger partial charge in [0, 0.05) is 18.1 Å². The second kappa shape index (κ2) is 4.89. The molecule has 1 saturated heterocycles. The molecular formula is C18H18O3. The Labute approximate surface area is 124 Å². The molecule has 4 rings (SSSR count). The van der Waals surface area contributed by atoms with Crippen molar-refractivity contribution in [2.75, 3.05) is 13.2 Å². The van der Waals surface area contributed by atoms with Gasteiger partial charge in [-0.15, -0.1) is 0 Å². The molecule has 0 amide bonds. The number of ether oxygens (including phenoxy) is 2. The van der Waals surface area contributed by atoms with Crippen molar-refractivity contribution in [3.05, 3.63) is 29.3 Å². The highest BCUT2D eigenvalue weighted by Crippen LogP contribution is 2.38. The van der Waals surface area contributed by atoms with Crippen molar-refractivity contribution < 1.29 is 14.3 Å². The van der Waals surface area contributed by atoms with Crippen molar-refractivity contribution in [3.8, 4) is 17.6 Å². The van der Waals surface area contributed by atoms with Crippen molar-refractivity contribution in [2.24, 2.45) is 5.92 Å². The molecule has 0 radical (unpaired) electrons. The van der Waals surface area contributed by atoms with Crippen molar-refractivity contribution in [1.29, 1.82) is 0 Å². The van der Waals surface area contributed by atoms with Gasteiger partial charge in [-0.2, -0.15) is 0 Å². The number of carbonyl (C=O) groups excluding carboxylic acids is 1. The zero-order chi connectivity index (χ0) is 14.3. The van der Waals surface area contributed by atoms with Gasteiger partial charge in [0.1, 0.15) is 11.4 Å². The molecule has 1 spiro atoms. The fourth-order valence-electron chi connectivity index (χ4n) is 3.03. The Hall–Kier alpha value is -1.79. The largest absolute Gasteiger partial charge is 0.484 e. The van der Waals surface area contributed by atoms with Crippen LogP contribution in [0, 0.1) is 17.8 Å². The van der Waals surface area contributed by atoms with Crippen molar-refractivity contribution >= 4 is 5.78 Å². The van der Waals surface area contributed by atoms with Crippen molar-refractivity contribution in [1.82, 2.24) is 0 Å². The molecule has 0 aromatic heterocycles. The molecule has 3 nitrogen and oxygen atoms in total. The van der Waals surface area contributed by atoms with Gasteiger partial charge in [0.25, 0.3) is 0 Å². The third-order valence-electron chi connectivity index (χ3n) is 4.37. The van der Waals surface area contributed by atoms with Crippen LogP contribution in [0.1, 0.15) is 48.0 Å². The van der Waals surface area contributed by atoms with E-state index in [1.807, 2.05) is 18.2 Å². The predicted octanol–water partition coefficient (Wildman–Crippen LogP) is 2.96. The molecule has 21 heavy (non-hydrogen) atoms. The lowest BCUT2D eigenvalue weighted by molar-refractivity contribution is -0.0715. The first-order valence-electron chi connectivity index (χ1n) is 7.70. The van der Waals surface area contributed by atoms with E-state index < -0.39 is 5.60 Å². The van der Waals surface area contributed by atoms with Crippen LogP contribution in [0.25, 0.3) is 0 Å². The fraction of sp³-hybridized carbons (Fsp3) is 0.500. The Balaban J connectivity index is 1.63. The van der Waals surface area contributed by atoms with Gasteiger partial charge in [0.05, 0.1) is 18.6 Å². The van der Waals surface area contributed by atoms with Gasteiger partial charge in [0.2, 0.25) is 0 Å². The summed E-state index contributed by atoms with van der Waals surface area (Å²) in [5, 5.41) is 0. The first-order valence-corrected chi connectivity index (χ1v) is 7.70. The van der Waals surface area contributed by atoms with Gasteiger partial charge in [-0.05, 0) is 43.9 Å². The van der Waals surface area contributed by atoms with Crippen LogP contribution < -0.4 is 4.74 Å². The molecule has 3 aliphatic rings. The number of Topliss-reactive ketones (excluding diaryl/α,β-unsaturated/α-hetero) is 1. The topological polar surface area (TPSA) is 35.5 Å². The van der Waals surface area contributed by atoms with E-state index in [1.54, 1.807) is 0 Å². The van der Waals surface area contributed by atoms with Crippen LogP contribution in [-0.4, -0.2) is 24.6 Å². The minimum Gasteiger partial charge on any atom is -0.484 e. The SMILES string of the molecule is O=C1CC2(CCCOC2)Oc2ccc(C#CC3CC3)cc21. The lowest BCUT2D eigenvalue weighted by Crippen LogP contribution is -2.48. The maximum absolute atomic E-state index is 12.5. The maximum atomic E-state index is 12.5. The fourth-order valence-corrected chi connectivity index (χ4v) is 3.03. The summed E-state index contributed by atoms with van der Waals surface area (Å²) < 4.78 is 11.7. The average molecular weight is 282 g/mol. The predicted molar refractivity (Wildman–Crippen MR) is 78.4 cm³/mol. The standard InChI is InChI=1S/C18H18O3/c19-16-11-18(8-1-9-20-12-18)21-17-7-6-14(10-15(16)17)5-4-13-2-3-13/h6-7,10,13H,1-3,8-9,11-12H2. The molecule has 0 N–H and O–H groups in total. The van der Waals surface area contributed by atoms with Crippen LogP contribution in [0.4, 0.5) is 0 Å². The van der Waals surface area contributed by atoms with E-state index in [4.69, 9.17) is 9.47 Å². The zero-order valence-electron chi connectivity index (χ0n) is 12.0. The molecule has 1 aliphatic carbocycles. The van der Waals surface area contributed by atoms with E-state index in [2.05, 4.69) is 11.8 Å². The quantitative estimate of drug-likeness (QED) is 0.686. The second-order valence-corrected chi connectivity index (χ2v) is 6.30. The van der Waals surface area contributed by atoms with Crippen LogP contribution in [-0.2, 0) is 4.74 Å².